The second kappa shape index (κ2) is 10.4. The summed E-state index contributed by atoms with van der Waals surface area (Å²) in [6.07, 6.45) is 2.21. The summed E-state index contributed by atoms with van der Waals surface area (Å²) in [4.78, 5) is 4.61. The Morgan fingerprint density at radius 2 is 1.69 bits per heavy atom. The molecule has 140 valence electrons. The van der Waals surface area contributed by atoms with Crippen molar-refractivity contribution >= 4 is 29.9 Å². The summed E-state index contributed by atoms with van der Waals surface area (Å²) in [5.41, 5.74) is 5.01. The van der Waals surface area contributed by atoms with Crippen LogP contribution in [-0.2, 0) is 13.0 Å². The largest absolute Gasteiger partial charge is 0.493 e. The van der Waals surface area contributed by atoms with Crippen LogP contribution in [0.15, 0.2) is 47.5 Å². The minimum Gasteiger partial charge on any atom is -0.493 e. The topological polar surface area (TPSA) is 45.7 Å². The first kappa shape index (κ1) is 20.6. The average Bonchev–Trinajstić information content (AvgIpc) is 2.66. The Bertz CT molecular complexity index is 721. The quantitative estimate of drug-likeness (QED) is 0.392. The van der Waals surface area contributed by atoms with Crippen LogP contribution in [0.3, 0.4) is 0 Å². The molecule has 0 aromatic heterocycles. The van der Waals surface area contributed by atoms with Crippen LogP contribution in [-0.4, -0.2) is 25.7 Å². The molecule has 0 amide bonds. The highest BCUT2D eigenvalue weighted by Crippen LogP contribution is 2.30. The van der Waals surface area contributed by atoms with Gasteiger partial charge in [-0.25, -0.2) is 4.99 Å². The molecule has 5 heteroatoms. The van der Waals surface area contributed by atoms with Crippen LogP contribution in [0.25, 0.3) is 11.1 Å². The van der Waals surface area contributed by atoms with E-state index in [1.807, 2.05) is 0 Å². The van der Waals surface area contributed by atoms with Gasteiger partial charge in [-0.15, -0.1) is 24.0 Å². The number of hydrogen-bond donors (Lipinski definition) is 2. The van der Waals surface area contributed by atoms with Crippen molar-refractivity contribution in [3.63, 3.8) is 0 Å². The van der Waals surface area contributed by atoms with E-state index in [4.69, 9.17) is 4.74 Å². The van der Waals surface area contributed by atoms with Crippen LogP contribution in [0.5, 0.6) is 5.75 Å². The lowest BCUT2D eigenvalue weighted by molar-refractivity contribution is 0.288. The van der Waals surface area contributed by atoms with Crippen molar-refractivity contribution in [3.05, 3.63) is 53.6 Å². The number of hydrogen-bond acceptors (Lipinski definition) is 2. The number of nitrogens with one attached hydrogen (secondary N) is 2. The van der Waals surface area contributed by atoms with E-state index in [0.29, 0.717) is 6.54 Å². The molecule has 3 rings (SSSR count). The molecule has 0 atom stereocenters. The van der Waals surface area contributed by atoms with E-state index < -0.39 is 0 Å². The molecule has 2 aromatic rings. The number of halogens is 1. The summed E-state index contributed by atoms with van der Waals surface area (Å²) >= 11 is 0. The van der Waals surface area contributed by atoms with E-state index in [1.54, 1.807) is 0 Å². The number of nitrogens with zero attached hydrogens (tertiary/aromatic N) is 1. The third-order valence-corrected chi connectivity index (χ3v) is 4.30. The highest BCUT2D eigenvalue weighted by Gasteiger charge is 2.11. The van der Waals surface area contributed by atoms with Crippen LogP contribution in [0.1, 0.15) is 31.4 Å². The van der Waals surface area contributed by atoms with Gasteiger partial charge in [-0.05, 0) is 61.1 Å². The molecule has 4 nitrogen and oxygen atoms in total. The lowest BCUT2D eigenvalue weighted by Crippen LogP contribution is -2.36. The van der Waals surface area contributed by atoms with Crippen molar-refractivity contribution in [2.45, 2.75) is 33.2 Å². The fourth-order valence-electron chi connectivity index (χ4n) is 3.02. The Morgan fingerprint density at radius 1 is 1.00 bits per heavy atom. The zero-order valence-corrected chi connectivity index (χ0v) is 17.9. The van der Waals surface area contributed by atoms with Gasteiger partial charge in [0.2, 0.25) is 0 Å². The van der Waals surface area contributed by atoms with Crippen LogP contribution >= 0.6 is 24.0 Å². The summed E-state index contributed by atoms with van der Waals surface area (Å²) in [5.74, 6) is 1.91. The number of ether oxygens (including phenoxy) is 1. The van der Waals surface area contributed by atoms with Gasteiger partial charge in [-0.1, -0.05) is 30.3 Å². The van der Waals surface area contributed by atoms with Gasteiger partial charge in [0.25, 0.3) is 0 Å². The monoisotopic (exact) mass is 465 g/mol. The maximum absolute atomic E-state index is 5.70. The first-order valence-corrected chi connectivity index (χ1v) is 9.17. The molecule has 0 aliphatic carbocycles. The van der Waals surface area contributed by atoms with Crippen LogP contribution in [0.2, 0.25) is 0 Å². The zero-order valence-electron chi connectivity index (χ0n) is 15.5. The van der Waals surface area contributed by atoms with E-state index in [1.165, 1.54) is 22.3 Å². The highest BCUT2D eigenvalue weighted by molar-refractivity contribution is 14.0. The SMILES string of the molecule is CCNC(=NCc1ccc(-c2ccc3c(c2)CCCO3)cc1)NCC.I. The maximum Gasteiger partial charge on any atom is 0.191 e. The standard InChI is InChI=1S/C21H27N3O.HI/c1-3-22-21(23-4-2)24-15-16-7-9-17(10-8-16)18-11-12-20-19(14-18)6-5-13-25-20;/h7-12,14H,3-6,13,15H2,1-2H3,(H2,22,23,24);1H. The molecule has 0 fully saturated rings. The van der Waals surface area contributed by atoms with Gasteiger partial charge in [-0.3, -0.25) is 0 Å². The summed E-state index contributed by atoms with van der Waals surface area (Å²) in [6.45, 7) is 7.40. The number of aryl methyl sites for hydroxylation is 1. The number of rotatable bonds is 5. The summed E-state index contributed by atoms with van der Waals surface area (Å²) in [6, 6.07) is 15.2. The molecule has 0 saturated carbocycles. The number of benzene rings is 2. The van der Waals surface area contributed by atoms with Crippen molar-refractivity contribution in [2.24, 2.45) is 4.99 Å². The molecule has 0 bridgehead atoms. The predicted molar refractivity (Wildman–Crippen MR) is 120 cm³/mol. The predicted octanol–water partition coefficient (Wildman–Crippen LogP) is 4.37. The van der Waals surface area contributed by atoms with Crippen molar-refractivity contribution < 1.29 is 4.74 Å². The van der Waals surface area contributed by atoms with Crippen LogP contribution in [0, 0.1) is 0 Å². The number of aliphatic imine (C=N–C) groups is 1. The van der Waals surface area contributed by atoms with E-state index in [-0.39, 0.29) is 24.0 Å². The van der Waals surface area contributed by atoms with Crippen LogP contribution in [0.4, 0.5) is 0 Å². The van der Waals surface area contributed by atoms with Crippen LogP contribution < -0.4 is 15.4 Å². The van der Waals surface area contributed by atoms with E-state index in [0.717, 1.165) is 44.2 Å². The Kier molecular flexibility index (Phi) is 8.22. The Labute approximate surface area is 173 Å². The molecule has 1 aliphatic heterocycles. The molecular formula is C21H28IN3O. The van der Waals surface area contributed by atoms with Gasteiger partial charge in [0.05, 0.1) is 13.2 Å². The van der Waals surface area contributed by atoms with Crippen molar-refractivity contribution in [1.29, 1.82) is 0 Å². The van der Waals surface area contributed by atoms with Crippen molar-refractivity contribution in [2.75, 3.05) is 19.7 Å². The lowest BCUT2D eigenvalue weighted by atomic mass is 9.98. The fraction of sp³-hybridized carbons (Fsp3) is 0.381. The lowest BCUT2D eigenvalue weighted by Gasteiger charge is -2.18. The average molecular weight is 465 g/mol. The fourth-order valence-corrected chi connectivity index (χ4v) is 3.02. The minimum atomic E-state index is 0. The number of guanidine groups is 1. The van der Waals surface area contributed by atoms with Crippen molar-refractivity contribution in [1.82, 2.24) is 10.6 Å². The molecule has 2 N–H and O–H groups in total. The second-order valence-electron chi connectivity index (χ2n) is 6.20. The number of fused-ring (bicyclic) bond motifs is 1. The molecule has 0 radical (unpaired) electrons. The van der Waals surface area contributed by atoms with E-state index in [2.05, 4.69) is 71.9 Å². The molecule has 26 heavy (non-hydrogen) atoms. The van der Waals surface area contributed by atoms with Gasteiger partial charge in [-0.2, -0.15) is 0 Å². The van der Waals surface area contributed by atoms with E-state index >= 15 is 0 Å². The maximum atomic E-state index is 5.70. The van der Waals surface area contributed by atoms with Gasteiger partial charge >= 0.3 is 0 Å². The molecule has 0 spiro atoms. The summed E-state index contributed by atoms with van der Waals surface area (Å²) in [7, 11) is 0. The highest BCUT2D eigenvalue weighted by atomic mass is 127. The Hall–Kier alpha value is -1.76. The van der Waals surface area contributed by atoms with Crippen molar-refractivity contribution in [3.8, 4) is 16.9 Å². The van der Waals surface area contributed by atoms with Gasteiger partial charge in [0.15, 0.2) is 5.96 Å². The Balaban J connectivity index is 0.00000243. The molecule has 0 saturated heterocycles. The van der Waals surface area contributed by atoms with E-state index in [9.17, 15) is 0 Å². The molecule has 2 aromatic carbocycles. The van der Waals surface area contributed by atoms with Gasteiger partial charge in [0, 0.05) is 13.1 Å². The first-order valence-electron chi connectivity index (χ1n) is 9.17. The Morgan fingerprint density at radius 3 is 2.38 bits per heavy atom. The molecule has 0 unspecified atom stereocenters. The molecule has 1 heterocycles. The second-order valence-corrected chi connectivity index (χ2v) is 6.20. The van der Waals surface area contributed by atoms with Gasteiger partial charge < -0.3 is 15.4 Å². The molecule has 1 aliphatic rings. The smallest absolute Gasteiger partial charge is 0.191 e. The third-order valence-electron chi connectivity index (χ3n) is 4.30. The summed E-state index contributed by atoms with van der Waals surface area (Å²) in [5, 5.41) is 6.49. The van der Waals surface area contributed by atoms with Gasteiger partial charge in [0.1, 0.15) is 5.75 Å². The first-order chi connectivity index (χ1) is 12.3. The minimum absolute atomic E-state index is 0. The molecular weight excluding hydrogens is 437 g/mol. The summed E-state index contributed by atoms with van der Waals surface area (Å²) < 4.78 is 5.70. The zero-order chi connectivity index (χ0) is 17.5. The normalized spacial score (nSPS) is 12.2. The third kappa shape index (κ3) is 5.37.